The van der Waals surface area contributed by atoms with E-state index in [0.717, 1.165) is 23.3 Å². The van der Waals surface area contributed by atoms with E-state index in [4.69, 9.17) is 0 Å². The Morgan fingerprint density at radius 1 is 1.37 bits per heavy atom. The van der Waals surface area contributed by atoms with Crippen molar-refractivity contribution in [3.63, 3.8) is 0 Å². The Morgan fingerprint density at radius 3 is 3.00 bits per heavy atom. The van der Waals surface area contributed by atoms with Crippen molar-refractivity contribution in [2.45, 2.75) is 26.4 Å². The van der Waals surface area contributed by atoms with E-state index in [1.165, 1.54) is 5.56 Å². The van der Waals surface area contributed by atoms with Crippen LogP contribution >= 0.6 is 0 Å². The largest absolute Gasteiger partial charge is 0.380 e. The molecule has 3 aromatic heterocycles. The van der Waals surface area contributed by atoms with E-state index in [9.17, 15) is 0 Å². The molecule has 0 amide bonds. The van der Waals surface area contributed by atoms with E-state index in [-0.39, 0.29) is 0 Å². The summed E-state index contributed by atoms with van der Waals surface area (Å²) in [6.45, 7) is 4.99. The van der Waals surface area contributed by atoms with Crippen LogP contribution in [0.1, 0.15) is 25.5 Å². The van der Waals surface area contributed by atoms with E-state index in [1.807, 2.05) is 29.5 Å². The van der Waals surface area contributed by atoms with Crippen LogP contribution in [0.2, 0.25) is 0 Å². The van der Waals surface area contributed by atoms with Crippen molar-refractivity contribution in [1.82, 2.24) is 19.7 Å². The molecule has 19 heavy (non-hydrogen) atoms. The second-order valence-electron chi connectivity index (χ2n) is 4.89. The molecule has 3 aromatic rings. The highest BCUT2D eigenvalue weighted by Crippen LogP contribution is 2.19. The van der Waals surface area contributed by atoms with Crippen LogP contribution in [0.3, 0.4) is 0 Å². The van der Waals surface area contributed by atoms with Gasteiger partial charge < -0.3 is 10.3 Å². The van der Waals surface area contributed by atoms with E-state index >= 15 is 0 Å². The monoisotopic (exact) mass is 255 g/mol. The molecular weight excluding hydrogens is 238 g/mol. The molecule has 2 N–H and O–H groups in total. The Hall–Kier alpha value is -2.30. The zero-order valence-electron chi connectivity index (χ0n) is 11.1. The fraction of sp³-hybridized carbons (Fsp3) is 0.286. The number of pyridine rings is 1. The minimum absolute atomic E-state index is 0.323. The Labute approximate surface area is 111 Å². The highest BCUT2D eigenvalue weighted by atomic mass is 15.3. The zero-order valence-corrected chi connectivity index (χ0v) is 11.1. The maximum atomic E-state index is 4.49. The topological polar surface area (TPSA) is 58.5 Å². The minimum Gasteiger partial charge on any atom is -0.380 e. The van der Waals surface area contributed by atoms with Gasteiger partial charge in [0.1, 0.15) is 0 Å². The summed E-state index contributed by atoms with van der Waals surface area (Å²) >= 11 is 0. The number of aromatic nitrogens is 4. The fourth-order valence-electron chi connectivity index (χ4n) is 2.09. The number of nitrogens with one attached hydrogen (secondary N) is 2. The van der Waals surface area contributed by atoms with Gasteiger partial charge in [-0.15, -0.1) is 0 Å². The van der Waals surface area contributed by atoms with E-state index in [2.05, 4.69) is 46.4 Å². The molecule has 3 heterocycles. The molecule has 5 nitrogen and oxygen atoms in total. The number of anilines is 1. The summed E-state index contributed by atoms with van der Waals surface area (Å²) in [4.78, 5) is 7.53. The smallest absolute Gasteiger partial charge is 0.158 e. The molecule has 0 aliphatic heterocycles. The number of aromatic amines is 1. The van der Waals surface area contributed by atoms with Gasteiger partial charge in [-0.05, 0) is 31.5 Å². The molecule has 0 atom stereocenters. The summed E-state index contributed by atoms with van der Waals surface area (Å²) in [6.07, 6.45) is 7.63. The van der Waals surface area contributed by atoms with Crippen molar-refractivity contribution >= 4 is 16.7 Å². The van der Waals surface area contributed by atoms with Crippen molar-refractivity contribution in [2.24, 2.45) is 0 Å². The van der Waals surface area contributed by atoms with E-state index < -0.39 is 0 Å². The second kappa shape index (κ2) is 4.76. The van der Waals surface area contributed by atoms with Crippen molar-refractivity contribution in [1.29, 1.82) is 0 Å². The maximum absolute atomic E-state index is 4.49. The molecule has 0 radical (unpaired) electrons. The summed E-state index contributed by atoms with van der Waals surface area (Å²) in [6, 6.07) is 4.46. The summed E-state index contributed by atoms with van der Waals surface area (Å²) in [7, 11) is 0. The Kier molecular flexibility index (Phi) is 2.95. The second-order valence-corrected chi connectivity index (χ2v) is 4.89. The molecule has 0 saturated carbocycles. The van der Waals surface area contributed by atoms with Crippen molar-refractivity contribution < 1.29 is 0 Å². The van der Waals surface area contributed by atoms with Crippen LogP contribution in [-0.4, -0.2) is 19.7 Å². The molecule has 0 aromatic carbocycles. The highest BCUT2D eigenvalue weighted by molar-refractivity contribution is 5.78. The zero-order chi connectivity index (χ0) is 13.2. The average molecular weight is 255 g/mol. The van der Waals surface area contributed by atoms with Gasteiger partial charge >= 0.3 is 0 Å². The van der Waals surface area contributed by atoms with Crippen LogP contribution < -0.4 is 5.32 Å². The lowest BCUT2D eigenvalue weighted by molar-refractivity contribution is 0.546. The number of rotatable bonds is 4. The third-order valence-electron chi connectivity index (χ3n) is 3.08. The normalized spacial score (nSPS) is 11.3. The lowest BCUT2D eigenvalue weighted by atomic mass is 10.3. The molecule has 0 unspecified atom stereocenters. The van der Waals surface area contributed by atoms with Crippen LogP contribution in [0, 0.1) is 0 Å². The van der Waals surface area contributed by atoms with Crippen LogP contribution in [0.5, 0.6) is 0 Å². The number of fused-ring (bicyclic) bond motifs is 1. The predicted molar refractivity (Wildman–Crippen MR) is 76.0 cm³/mol. The van der Waals surface area contributed by atoms with Gasteiger partial charge in [-0.1, -0.05) is 0 Å². The quantitative estimate of drug-likeness (QED) is 0.753. The first kappa shape index (κ1) is 11.8. The third-order valence-corrected chi connectivity index (χ3v) is 3.08. The van der Waals surface area contributed by atoms with Gasteiger partial charge in [-0.25, -0.2) is 9.67 Å². The number of nitrogens with zero attached hydrogens (tertiary/aromatic N) is 3. The molecule has 0 bridgehead atoms. The van der Waals surface area contributed by atoms with Gasteiger partial charge in [-0.2, -0.15) is 5.10 Å². The lowest BCUT2D eigenvalue weighted by Crippen LogP contribution is -2.03. The van der Waals surface area contributed by atoms with Crippen LogP contribution in [0.25, 0.3) is 11.0 Å². The third kappa shape index (κ3) is 2.31. The molecule has 0 aliphatic rings. The fourth-order valence-corrected chi connectivity index (χ4v) is 2.09. The van der Waals surface area contributed by atoms with Crippen molar-refractivity contribution in [2.75, 3.05) is 5.32 Å². The van der Waals surface area contributed by atoms with Gasteiger partial charge in [0.25, 0.3) is 0 Å². The number of H-pyrrole nitrogens is 1. The van der Waals surface area contributed by atoms with E-state index in [0.29, 0.717) is 6.04 Å². The molecule has 0 fully saturated rings. The van der Waals surface area contributed by atoms with Gasteiger partial charge in [0, 0.05) is 30.4 Å². The lowest BCUT2D eigenvalue weighted by Gasteiger charge is -2.07. The highest BCUT2D eigenvalue weighted by Gasteiger charge is 2.07. The maximum Gasteiger partial charge on any atom is 0.158 e. The molecule has 98 valence electrons. The summed E-state index contributed by atoms with van der Waals surface area (Å²) in [5.41, 5.74) is 3.16. The molecule has 3 rings (SSSR count). The van der Waals surface area contributed by atoms with Gasteiger partial charge in [-0.3, -0.25) is 0 Å². The van der Waals surface area contributed by atoms with Crippen molar-refractivity contribution in [3.05, 3.63) is 42.5 Å². The predicted octanol–water partition coefficient (Wildman–Crippen LogP) is 2.95. The Balaban J connectivity index is 1.82. The first-order chi connectivity index (χ1) is 9.24. The van der Waals surface area contributed by atoms with Gasteiger partial charge in [0.05, 0.1) is 18.1 Å². The number of hydrogen-bond acceptors (Lipinski definition) is 3. The summed E-state index contributed by atoms with van der Waals surface area (Å²) in [5, 5.41) is 8.79. The minimum atomic E-state index is 0.323. The summed E-state index contributed by atoms with van der Waals surface area (Å²) in [5.74, 6) is 0. The Morgan fingerprint density at radius 2 is 2.26 bits per heavy atom. The van der Waals surface area contributed by atoms with Crippen LogP contribution in [-0.2, 0) is 6.54 Å². The van der Waals surface area contributed by atoms with Gasteiger partial charge in [0.2, 0.25) is 0 Å². The molecule has 0 aliphatic carbocycles. The first-order valence-corrected chi connectivity index (χ1v) is 6.43. The van der Waals surface area contributed by atoms with Gasteiger partial charge in [0.15, 0.2) is 5.65 Å². The number of hydrogen-bond donors (Lipinski definition) is 2. The average Bonchev–Trinajstić information content (AvgIpc) is 3.05. The summed E-state index contributed by atoms with van der Waals surface area (Å²) < 4.78 is 1.94. The Bertz CT molecular complexity index is 666. The molecule has 5 heteroatoms. The van der Waals surface area contributed by atoms with Crippen LogP contribution in [0.15, 0.2) is 36.9 Å². The molecule has 0 spiro atoms. The molecule has 0 saturated heterocycles. The van der Waals surface area contributed by atoms with Crippen LogP contribution in [0.4, 0.5) is 5.69 Å². The van der Waals surface area contributed by atoms with Crippen molar-refractivity contribution in [3.8, 4) is 0 Å². The first-order valence-electron chi connectivity index (χ1n) is 6.43. The standard InChI is InChI=1S/C14H17N5/c1-10(2)19-14-12(8-18-19)5-13(9-17-14)16-7-11-3-4-15-6-11/h3-6,8-10,15-16H,7H2,1-2H3. The molecular formula is C14H17N5. The SMILES string of the molecule is CC(C)n1ncc2cc(NCc3cc[nH]c3)cnc21. The van der Waals surface area contributed by atoms with E-state index in [1.54, 1.807) is 0 Å².